The number of thiazole rings is 1. The summed E-state index contributed by atoms with van der Waals surface area (Å²) < 4.78 is 10.4. The van der Waals surface area contributed by atoms with Crippen molar-refractivity contribution in [3.63, 3.8) is 0 Å². The minimum atomic E-state index is -0.623. The van der Waals surface area contributed by atoms with Crippen molar-refractivity contribution in [1.82, 2.24) is 20.4 Å². The summed E-state index contributed by atoms with van der Waals surface area (Å²) in [6.07, 6.45) is 2.43. The highest BCUT2D eigenvalue weighted by molar-refractivity contribution is 7.99. The molecule has 0 aliphatic rings. The second-order valence-corrected chi connectivity index (χ2v) is 11.0. The fourth-order valence-corrected chi connectivity index (χ4v) is 4.54. The summed E-state index contributed by atoms with van der Waals surface area (Å²) >= 11 is 2.51. The normalized spacial score (nSPS) is 12.2. The van der Waals surface area contributed by atoms with Crippen LogP contribution in [0.2, 0.25) is 0 Å². The van der Waals surface area contributed by atoms with E-state index in [2.05, 4.69) is 25.8 Å². The Bertz CT molecular complexity index is 1250. The highest BCUT2D eigenvalue weighted by Crippen LogP contribution is 2.25. The number of hydrogen-bond donors (Lipinski definition) is 2. The van der Waals surface area contributed by atoms with Crippen molar-refractivity contribution in [1.29, 1.82) is 0 Å². The third kappa shape index (κ3) is 7.62. The molecule has 0 aliphatic heterocycles. The summed E-state index contributed by atoms with van der Waals surface area (Å²) in [5.74, 6) is -0.152. The van der Waals surface area contributed by atoms with Gasteiger partial charge in [0.15, 0.2) is 5.13 Å². The number of aryl methyl sites for hydroxylation is 2. The van der Waals surface area contributed by atoms with Crippen LogP contribution in [0.25, 0.3) is 11.4 Å². The summed E-state index contributed by atoms with van der Waals surface area (Å²) in [5, 5.41) is 9.60. The zero-order valence-electron chi connectivity index (χ0n) is 21.0. The van der Waals surface area contributed by atoms with E-state index in [1.807, 2.05) is 6.26 Å². The van der Waals surface area contributed by atoms with Crippen molar-refractivity contribution in [3.8, 4) is 11.4 Å². The Hall–Kier alpha value is -3.25. The minimum Gasteiger partial charge on any atom is -0.456 e. The first-order valence-corrected chi connectivity index (χ1v) is 13.3. The molecule has 2 aromatic heterocycles. The van der Waals surface area contributed by atoms with Crippen molar-refractivity contribution >= 4 is 46.0 Å². The molecule has 0 fully saturated rings. The van der Waals surface area contributed by atoms with E-state index in [1.54, 1.807) is 58.9 Å². The smallest absolute Gasteiger partial charge is 0.350 e. The van der Waals surface area contributed by atoms with Crippen LogP contribution < -0.4 is 10.6 Å². The molecule has 1 unspecified atom stereocenters. The molecule has 2 amide bonds. The molecule has 1 atom stereocenters. The lowest BCUT2D eigenvalue weighted by Gasteiger charge is -2.18. The lowest BCUT2D eigenvalue weighted by atomic mass is 10.1. The van der Waals surface area contributed by atoms with Crippen molar-refractivity contribution in [3.05, 3.63) is 46.3 Å². The first-order valence-electron chi connectivity index (χ1n) is 11.2. The Morgan fingerprint density at radius 1 is 1.19 bits per heavy atom. The Kier molecular flexibility index (Phi) is 8.85. The zero-order chi connectivity index (χ0) is 26.5. The number of aromatic nitrogens is 3. The number of ether oxygens (including phenoxy) is 1. The molecular weight excluding hydrogens is 502 g/mol. The van der Waals surface area contributed by atoms with Crippen LogP contribution in [0.5, 0.6) is 0 Å². The van der Waals surface area contributed by atoms with Crippen LogP contribution in [0.1, 0.15) is 65.2 Å². The fourth-order valence-electron chi connectivity index (χ4n) is 3.10. The van der Waals surface area contributed by atoms with Crippen LogP contribution in [-0.2, 0) is 9.53 Å². The third-order valence-corrected chi connectivity index (χ3v) is 6.72. The topological polar surface area (TPSA) is 136 Å². The summed E-state index contributed by atoms with van der Waals surface area (Å²) in [5.41, 5.74) is 0.995. The maximum Gasteiger partial charge on any atom is 0.350 e. The average Bonchev–Trinajstić information content (AvgIpc) is 3.40. The van der Waals surface area contributed by atoms with Gasteiger partial charge in [-0.05, 0) is 52.5 Å². The number of rotatable bonds is 9. The van der Waals surface area contributed by atoms with Crippen molar-refractivity contribution in [2.45, 2.75) is 58.4 Å². The van der Waals surface area contributed by atoms with Crippen molar-refractivity contribution < 1.29 is 23.6 Å². The Morgan fingerprint density at radius 3 is 2.58 bits per heavy atom. The number of benzene rings is 1. The average molecular weight is 532 g/mol. The van der Waals surface area contributed by atoms with Gasteiger partial charge in [0.25, 0.3) is 5.91 Å². The second-order valence-electron chi connectivity index (χ2n) is 8.94. The standard InChI is InChI=1S/C24H29N5O5S2/c1-13-19(22(32)33-24(3,4)5)36-23(25-13)27-17(30)10-11-18(35-6)28-21(31)16-9-7-8-15(12-16)20-26-14(2)34-29-20/h7-9,12,18H,10-11H2,1-6H3,(H,28,31)(H,25,27,30). The van der Waals surface area contributed by atoms with E-state index in [9.17, 15) is 14.4 Å². The molecule has 10 nitrogen and oxygen atoms in total. The Labute approximate surface area is 217 Å². The van der Waals surface area contributed by atoms with Gasteiger partial charge in [-0.2, -0.15) is 4.98 Å². The van der Waals surface area contributed by atoms with E-state index in [1.165, 1.54) is 11.8 Å². The maximum absolute atomic E-state index is 12.8. The van der Waals surface area contributed by atoms with E-state index >= 15 is 0 Å². The number of esters is 1. The molecule has 0 spiro atoms. The fraction of sp³-hybridized carbons (Fsp3) is 0.417. The summed E-state index contributed by atoms with van der Waals surface area (Å²) in [7, 11) is 0. The van der Waals surface area contributed by atoms with Gasteiger partial charge in [-0.25, -0.2) is 9.78 Å². The van der Waals surface area contributed by atoms with Gasteiger partial charge in [0.2, 0.25) is 17.6 Å². The molecule has 2 heterocycles. The highest BCUT2D eigenvalue weighted by Gasteiger charge is 2.23. The van der Waals surface area contributed by atoms with E-state index < -0.39 is 11.6 Å². The number of carbonyl (C=O) groups is 3. The molecule has 3 aromatic rings. The number of nitrogens with zero attached hydrogens (tertiary/aromatic N) is 3. The van der Waals surface area contributed by atoms with Gasteiger partial charge in [-0.15, -0.1) is 11.8 Å². The lowest BCUT2D eigenvalue weighted by molar-refractivity contribution is -0.116. The number of thioether (sulfide) groups is 1. The molecule has 0 aliphatic carbocycles. The molecule has 0 bridgehead atoms. The largest absolute Gasteiger partial charge is 0.456 e. The number of nitrogens with one attached hydrogen (secondary N) is 2. The van der Waals surface area contributed by atoms with Gasteiger partial charge in [0, 0.05) is 24.5 Å². The second kappa shape index (κ2) is 11.7. The predicted molar refractivity (Wildman–Crippen MR) is 139 cm³/mol. The van der Waals surface area contributed by atoms with Crippen LogP contribution in [-0.4, -0.2) is 50.1 Å². The number of hydrogen-bond acceptors (Lipinski definition) is 10. The molecule has 0 saturated heterocycles. The Morgan fingerprint density at radius 2 is 1.94 bits per heavy atom. The number of anilines is 1. The van der Waals surface area contributed by atoms with Crippen LogP contribution in [0, 0.1) is 13.8 Å². The molecule has 3 rings (SSSR count). The molecule has 0 saturated carbocycles. The van der Waals surface area contributed by atoms with E-state index in [4.69, 9.17) is 9.26 Å². The summed E-state index contributed by atoms with van der Waals surface area (Å²) in [6.45, 7) is 8.75. The Balaban J connectivity index is 1.55. The van der Waals surface area contributed by atoms with E-state index in [0.717, 1.165) is 11.3 Å². The monoisotopic (exact) mass is 531 g/mol. The van der Waals surface area contributed by atoms with Gasteiger partial charge >= 0.3 is 5.97 Å². The molecular formula is C24H29N5O5S2. The number of carbonyl (C=O) groups excluding carboxylic acids is 3. The molecule has 0 radical (unpaired) electrons. The third-order valence-electron chi connectivity index (χ3n) is 4.75. The molecule has 2 N–H and O–H groups in total. The van der Waals surface area contributed by atoms with Gasteiger partial charge in [-0.3, -0.25) is 9.59 Å². The molecule has 12 heteroatoms. The first kappa shape index (κ1) is 27.3. The van der Waals surface area contributed by atoms with Gasteiger partial charge in [0.1, 0.15) is 10.5 Å². The zero-order valence-corrected chi connectivity index (χ0v) is 22.6. The highest BCUT2D eigenvalue weighted by atomic mass is 32.2. The predicted octanol–water partition coefficient (Wildman–Crippen LogP) is 4.60. The molecule has 36 heavy (non-hydrogen) atoms. The van der Waals surface area contributed by atoms with Crippen LogP contribution >= 0.6 is 23.1 Å². The van der Waals surface area contributed by atoms with E-state index in [-0.39, 0.29) is 23.6 Å². The van der Waals surface area contributed by atoms with Crippen LogP contribution in [0.15, 0.2) is 28.8 Å². The van der Waals surface area contributed by atoms with Crippen LogP contribution in [0.3, 0.4) is 0 Å². The summed E-state index contributed by atoms with van der Waals surface area (Å²) in [6, 6.07) is 6.94. The van der Waals surface area contributed by atoms with Gasteiger partial charge in [-0.1, -0.05) is 28.6 Å². The maximum atomic E-state index is 12.8. The van der Waals surface area contributed by atoms with Gasteiger partial charge in [0.05, 0.1) is 11.1 Å². The van der Waals surface area contributed by atoms with Crippen molar-refractivity contribution in [2.75, 3.05) is 11.6 Å². The van der Waals surface area contributed by atoms with Crippen LogP contribution in [0.4, 0.5) is 5.13 Å². The lowest BCUT2D eigenvalue weighted by Crippen LogP contribution is -2.33. The van der Waals surface area contributed by atoms with Gasteiger partial charge < -0.3 is 19.9 Å². The SMILES string of the molecule is CSC(CCC(=O)Nc1nc(C)c(C(=O)OC(C)(C)C)s1)NC(=O)c1cccc(-c2noc(C)n2)c1. The molecule has 192 valence electrons. The van der Waals surface area contributed by atoms with Crippen molar-refractivity contribution in [2.24, 2.45) is 0 Å². The minimum absolute atomic E-state index is 0.161. The van der Waals surface area contributed by atoms with E-state index in [0.29, 0.717) is 45.0 Å². The number of amides is 2. The summed E-state index contributed by atoms with van der Waals surface area (Å²) in [4.78, 5) is 46.4. The first-order chi connectivity index (χ1) is 16.9. The quantitative estimate of drug-likeness (QED) is 0.300. The molecule has 1 aromatic carbocycles.